The zero-order valence-corrected chi connectivity index (χ0v) is 7.52. The molecule has 0 heterocycles. The molecule has 62 valence electrons. The summed E-state index contributed by atoms with van der Waals surface area (Å²) >= 11 is 0. The van der Waals surface area contributed by atoms with E-state index in [1.807, 2.05) is 13.8 Å². The summed E-state index contributed by atoms with van der Waals surface area (Å²) in [5.74, 6) is 0.829. The van der Waals surface area contributed by atoms with E-state index in [1.54, 1.807) is 0 Å². The summed E-state index contributed by atoms with van der Waals surface area (Å²) in [6.45, 7) is 8.14. The van der Waals surface area contributed by atoms with Crippen molar-refractivity contribution in [2.75, 3.05) is 0 Å². The predicted octanol–water partition coefficient (Wildman–Crippen LogP) is 3.42. The van der Waals surface area contributed by atoms with Gasteiger partial charge in [0.25, 0.3) is 0 Å². The van der Waals surface area contributed by atoms with Crippen molar-refractivity contribution >= 4 is 0 Å². The third-order valence-electron chi connectivity index (χ3n) is 1.74. The number of hydrogen-bond donors (Lipinski definition) is 0. The Hall–Kier alpha value is -0.0700. The summed E-state index contributed by atoms with van der Waals surface area (Å²) in [5.41, 5.74) is 0. The second kappa shape index (κ2) is 4.70. The quantitative estimate of drug-likeness (QED) is 0.570. The molecule has 1 heteroatoms. The Morgan fingerprint density at radius 1 is 1.00 bits per heavy atom. The molecular weight excluding hydrogens is 127 g/mol. The Labute approximate surface area is 63.8 Å². The SMILES string of the molecule is CC(C)CCC(F)C(C)C. The maximum absolute atomic E-state index is 12.9. The molecule has 1 atom stereocenters. The molecule has 0 aliphatic heterocycles. The highest BCUT2D eigenvalue weighted by atomic mass is 19.1. The van der Waals surface area contributed by atoms with Crippen LogP contribution in [0, 0.1) is 11.8 Å². The molecule has 10 heavy (non-hydrogen) atoms. The molecule has 0 aliphatic carbocycles. The second-order valence-corrected chi connectivity index (χ2v) is 3.73. The highest BCUT2D eigenvalue weighted by molar-refractivity contribution is 4.61. The Morgan fingerprint density at radius 2 is 1.50 bits per heavy atom. The summed E-state index contributed by atoms with van der Waals surface area (Å²) in [6.07, 6.45) is 1.15. The summed E-state index contributed by atoms with van der Waals surface area (Å²) < 4.78 is 12.9. The van der Waals surface area contributed by atoms with Crippen LogP contribution >= 0.6 is 0 Å². The normalized spacial score (nSPS) is 14.7. The molecule has 0 aromatic rings. The van der Waals surface area contributed by atoms with Crippen molar-refractivity contribution in [2.24, 2.45) is 11.8 Å². The highest BCUT2D eigenvalue weighted by Gasteiger charge is 2.10. The molecule has 0 aromatic heterocycles. The van der Waals surface area contributed by atoms with Crippen LogP contribution < -0.4 is 0 Å². The molecule has 0 nitrogen and oxygen atoms in total. The van der Waals surface area contributed by atoms with Crippen LogP contribution in [0.1, 0.15) is 40.5 Å². The van der Waals surface area contributed by atoms with Gasteiger partial charge in [0.2, 0.25) is 0 Å². The number of rotatable bonds is 4. The molecule has 0 N–H and O–H groups in total. The maximum atomic E-state index is 12.9. The largest absolute Gasteiger partial charge is 0.247 e. The van der Waals surface area contributed by atoms with Crippen LogP contribution in [-0.4, -0.2) is 6.17 Å². The first-order valence-electron chi connectivity index (χ1n) is 4.18. The van der Waals surface area contributed by atoms with Crippen LogP contribution in [0.5, 0.6) is 0 Å². The molecule has 0 amide bonds. The van der Waals surface area contributed by atoms with Crippen LogP contribution in [-0.2, 0) is 0 Å². The standard InChI is InChI=1S/C9H19F/c1-7(2)5-6-9(10)8(3)4/h7-9H,5-6H2,1-4H3. The Balaban J connectivity index is 3.30. The summed E-state index contributed by atoms with van der Waals surface area (Å²) in [5, 5.41) is 0. The topological polar surface area (TPSA) is 0 Å². The molecule has 0 fully saturated rings. The summed E-state index contributed by atoms with van der Waals surface area (Å²) in [7, 11) is 0. The fraction of sp³-hybridized carbons (Fsp3) is 1.00. The predicted molar refractivity (Wildman–Crippen MR) is 43.8 cm³/mol. The van der Waals surface area contributed by atoms with E-state index in [2.05, 4.69) is 13.8 Å². The van der Waals surface area contributed by atoms with Gasteiger partial charge in [-0.05, 0) is 24.7 Å². The van der Waals surface area contributed by atoms with E-state index in [1.165, 1.54) is 0 Å². The first kappa shape index (κ1) is 9.93. The fourth-order valence-electron chi connectivity index (χ4n) is 0.826. The van der Waals surface area contributed by atoms with Gasteiger partial charge in [-0.3, -0.25) is 0 Å². The van der Waals surface area contributed by atoms with Gasteiger partial charge in [-0.25, -0.2) is 4.39 Å². The Morgan fingerprint density at radius 3 is 1.80 bits per heavy atom. The average molecular weight is 146 g/mol. The van der Waals surface area contributed by atoms with Crippen LogP contribution in [0.25, 0.3) is 0 Å². The molecule has 0 radical (unpaired) electrons. The van der Waals surface area contributed by atoms with E-state index in [0.29, 0.717) is 5.92 Å². The molecule has 0 bridgehead atoms. The van der Waals surface area contributed by atoms with Gasteiger partial charge in [-0.15, -0.1) is 0 Å². The zero-order chi connectivity index (χ0) is 8.15. The third-order valence-corrected chi connectivity index (χ3v) is 1.74. The molecule has 0 saturated heterocycles. The van der Waals surface area contributed by atoms with Gasteiger partial charge < -0.3 is 0 Å². The van der Waals surface area contributed by atoms with E-state index in [-0.39, 0.29) is 5.92 Å². The minimum atomic E-state index is -0.595. The lowest BCUT2D eigenvalue weighted by Crippen LogP contribution is -2.09. The molecule has 0 rings (SSSR count). The van der Waals surface area contributed by atoms with E-state index in [4.69, 9.17) is 0 Å². The van der Waals surface area contributed by atoms with E-state index >= 15 is 0 Å². The van der Waals surface area contributed by atoms with Gasteiger partial charge >= 0.3 is 0 Å². The van der Waals surface area contributed by atoms with Gasteiger partial charge in [-0.1, -0.05) is 27.7 Å². The molecule has 0 aliphatic rings. The number of hydrogen-bond acceptors (Lipinski definition) is 0. The van der Waals surface area contributed by atoms with Crippen molar-refractivity contribution in [3.8, 4) is 0 Å². The fourth-order valence-corrected chi connectivity index (χ4v) is 0.826. The number of halogens is 1. The van der Waals surface area contributed by atoms with Gasteiger partial charge in [0.1, 0.15) is 6.17 Å². The van der Waals surface area contributed by atoms with Crippen molar-refractivity contribution in [3.63, 3.8) is 0 Å². The lowest BCUT2D eigenvalue weighted by atomic mass is 9.99. The summed E-state index contributed by atoms with van der Waals surface area (Å²) in [4.78, 5) is 0. The third kappa shape index (κ3) is 4.78. The van der Waals surface area contributed by atoms with Crippen LogP contribution in [0.15, 0.2) is 0 Å². The van der Waals surface area contributed by atoms with Crippen molar-refractivity contribution in [1.82, 2.24) is 0 Å². The molecular formula is C9H19F. The van der Waals surface area contributed by atoms with Gasteiger partial charge in [0.05, 0.1) is 0 Å². The van der Waals surface area contributed by atoms with Gasteiger partial charge in [0.15, 0.2) is 0 Å². The zero-order valence-electron chi connectivity index (χ0n) is 7.52. The summed E-state index contributed by atoms with van der Waals surface area (Å²) in [6, 6.07) is 0. The first-order chi connectivity index (χ1) is 4.54. The van der Waals surface area contributed by atoms with E-state index < -0.39 is 6.17 Å². The Kier molecular flexibility index (Phi) is 4.67. The molecule has 1 unspecified atom stereocenters. The monoisotopic (exact) mass is 146 g/mol. The lowest BCUT2D eigenvalue weighted by molar-refractivity contribution is 0.227. The van der Waals surface area contributed by atoms with Crippen molar-refractivity contribution in [3.05, 3.63) is 0 Å². The molecule has 0 saturated carbocycles. The van der Waals surface area contributed by atoms with E-state index in [9.17, 15) is 4.39 Å². The molecule has 0 spiro atoms. The molecule has 0 aromatic carbocycles. The van der Waals surface area contributed by atoms with Crippen molar-refractivity contribution in [2.45, 2.75) is 46.7 Å². The number of alkyl halides is 1. The Bertz CT molecular complexity index is 76.8. The van der Waals surface area contributed by atoms with Crippen LogP contribution in [0.4, 0.5) is 4.39 Å². The maximum Gasteiger partial charge on any atom is 0.102 e. The smallest absolute Gasteiger partial charge is 0.102 e. The highest BCUT2D eigenvalue weighted by Crippen LogP contribution is 2.15. The van der Waals surface area contributed by atoms with E-state index in [0.717, 1.165) is 12.8 Å². The lowest BCUT2D eigenvalue weighted by Gasteiger charge is -2.12. The van der Waals surface area contributed by atoms with Crippen molar-refractivity contribution < 1.29 is 4.39 Å². The minimum Gasteiger partial charge on any atom is -0.247 e. The van der Waals surface area contributed by atoms with Crippen molar-refractivity contribution in [1.29, 1.82) is 0 Å². The second-order valence-electron chi connectivity index (χ2n) is 3.73. The minimum absolute atomic E-state index is 0.193. The van der Waals surface area contributed by atoms with Crippen LogP contribution in [0.2, 0.25) is 0 Å². The van der Waals surface area contributed by atoms with Gasteiger partial charge in [-0.2, -0.15) is 0 Å². The average Bonchev–Trinajstić information content (AvgIpc) is 1.82. The first-order valence-corrected chi connectivity index (χ1v) is 4.18. The van der Waals surface area contributed by atoms with Crippen LogP contribution in [0.3, 0.4) is 0 Å². The van der Waals surface area contributed by atoms with Gasteiger partial charge in [0, 0.05) is 0 Å².